The zero-order valence-corrected chi connectivity index (χ0v) is 10.6. The topological polar surface area (TPSA) is 74.2 Å². The van der Waals surface area contributed by atoms with Crippen LogP contribution in [0.2, 0.25) is 0 Å². The monoisotopic (exact) mass is 239 g/mol. The molecule has 1 aliphatic rings. The van der Waals surface area contributed by atoms with Crippen LogP contribution in [0.1, 0.15) is 50.9 Å². The Morgan fingerprint density at radius 2 is 2.24 bits per heavy atom. The van der Waals surface area contributed by atoms with Gasteiger partial charge in [-0.1, -0.05) is 19.0 Å². The van der Waals surface area contributed by atoms with Crippen LogP contribution in [-0.2, 0) is 11.2 Å². The molecule has 2 N–H and O–H groups in total. The average Bonchev–Trinajstić information content (AvgIpc) is 2.62. The summed E-state index contributed by atoms with van der Waals surface area (Å²) in [6.07, 6.45) is 4.75. The second-order valence-electron chi connectivity index (χ2n) is 5.14. The summed E-state index contributed by atoms with van der Waals surface area (Å²) in [5, 5.41) is 3.90. The van der Waals surface area contributed by atoms with E-state index in [2.05, 4.69) is 24.0 Å². The third-order valence-electron chi connectivity index (χ3n) is 2.96. The standard InChI is InChI=1S/C12H21N3O2/c1-8(2)6-11-14-12(15-17-11)10(13)7-16-9-4-3-5-9/h8-10H,3-7,13H2,1-2H3. The van der Waals surface area contributed by atoms with Crippen molar-refractivity contribution in [1.29, 1.82) is 0 Å². The molecule has 2 rings (SSSR count). The Balaban J connectivity index is 1.80. The number of ether oxygens (including phenoxy) is 1. The van der Waals surface area contributed by atoms with Crippen LogP contribution in [0.4, 0.5) is 0 Å². The molecule has 1 heterocycles. The fourth-order valence-corrected chi connectivity index (χ4v) is 1.70. The van der Waals surface area contributed by atoms with Gasteiger partial charge in [0.2, 0.25) is 5.89 Å². The molecule has 96 valence electrons. The molecule has 1 fully saturated rings. The van der Waals surface area contributed by atoms with Gasteiger partial charge in [-0.25, -0.2) is 0 Å². The molecule has 0 radical (unpaired) electrons. The predicted octanol–water partition coefficient (Wildman–Crippen LogP) is 1.84. The number of hydrogen-bond acceptors (Lipinski definition) is 5. The van der Waals surface area contributed by atoms with Gasteiger partial charge in [-0.2, -0.15) is 4.98 Å². The van der Waals surface area contributed by atoms with Crippen molar-refractivity contribution >= 4 is 0 Å². The summed E-state index contributed by atoms with van der Waals surface area (Å²) in [6, 6.07) is -0.278. The SMILES string of the molecule is CC(C)Cc1nc(C(N)COC2CCC2)no1. The molecule has 1 atom stereocenters. The molecule has 17 heavy (non-hydrogen) atoms. The molecule has 1 aromatic rings. The van der Waals surface area contributed by atoms with E-state index >= 15 is 0 Å². The lowest BCUT2D eigenvalue weighted by Crippen LogP contribution is -2.27. The Morgan fingerprint density at radius 3 is 2.82 bits per heavy atom. The van der Waals surface area contributed by atoms with E-state index in [4.69, 9.17) is 15.0 Å². The first kappa shape index (κ1) is 12.5. The first-order valence-corrected chi connectivity index (χ1v) is 6.35. The van der Waals surface area contributed by atoms with Gasteiger partial charge < -0.3 is 15.0 Å². The van der Waals surface area contributed by atoms with Gasteiger partial charge in [-0.05, 0) is 25.2 Å². The predicted molar refractivity (Wildman–Crippen MR) is 63.4 cm³/mol. The summed E-state index contributed by atoms with van der Waals surface area (Å²) in [5.41, 5.74) is 5.96. The summed E-state index contributed by atoms with van der Waals surface area (Å²) in [5.74, 6) is 1.72. The number of aromatic nitrogens is 2. The molecule has 0 aliphatic heterocycles. The van der Waals surface area contributed by atoms with Crippen molar-refractivity contribution in [3.63, 3.8) is 0 Å². The van der Waals surface area contributed by atoms with Gasteiger partial charge in [0.1, 0.15) is 0 Å². The minimum absolute atomic E-state index is 0.278. The van der Waals surface area contributed by atoms with Crippen molar-refractivity contribution in [1.82, 2.24) is 10.1 Å². The van der Waals surface area contributed by atoms with Crippen LogP contribution in [-0.4, -0.2) is 22.9 Å². The van der Waals surface area contributed by atoms with Crippen molar-refractivity contribution in [3.8, 4) is 0 Å². The fourth-order valence-electron chi connectivity index (χ4n) is 1.70. The molecule has 0 aromatic carbocycles. The number of rotatable bonds is 6. The van der Waals surface area contributed by atoms with E-state index in [-0.39, 0.29) is 6.04 Å². The minimum atomic E-state index is -0.278. The highest BCUT2D eigenvalue weighted by Crippen LogP contribution is 2.23. The summed E-state index contributed by atoms with van der Waals surface area (Å²) in [6.45, 7) is 4.71. The van der Waals surface area contributed by atoms with Gasteiger partial charge >= 0.3 is 0 Å². The van der Waals surface area contributed by atoms with E-state index in [1.165, 1.54) is 6.42 Å². The van der Waals surface area contributed by atoms with Crippen LogP contribution < -0.4 is 5.73 Å². The lowest BCUT2D eigenvalue weighted by molar-refractivity contribution is -0.00549. The van der Waals surface area contributed by atoms with Crippen LogP contribution in [0, 0.1) is 5.92 Å². The molecule has 1 aromatic heterocycles. The van der Waals surface area contributed by atoms with Crippen LogP contribution in [0.5, 0.6) is 0 Å². The highest BCUT2D eigenvalue weighted by molar-refractivity contribution is 4.93. The summed E-state index contributed by atoms with van der Waals surface area (Å²) >= 11 is 0. The molecule has 1 aliphatic carbocycles. The van der Waals surface area contributed by atoms with Crippen LogP contribution in [0.25, 0.3) is 0 Å². The Morgan fingerprint density at radius 1 is 1.47 bits per heavy atom. The van der Waals surface area contributed by atoms with Crippen molar-refractivity contribution in [3.05, 3.63) is 11.7 Å². The molecular weight excluding hydrogens is 218 g/mol. The van der Waals surface area contributed by atoms with Crippen molar-refractivity contribution < 1.29 is 9.26 Å². The largest absolute Gasteiger partial charge is 0.376 e. The first-order chi connectivity index (χ1) is 8.15. The van der Waals surface area contributed by atoms with Crippen molar-refractivity contribution in [2.75, 3.05) is 6.61 Å². The third kappa shape index (κ3) is 3.51. The third-order valence-corrected chi connectivity index (χ3v) is 2.96. The molecule has 0 bridgehead atoms. The molecule has 5 nitrogen and oxygen atoms in total. The smallest absolute Gasteiger partial charge is 0.226 e. The minimum Gasteiger partial charge on any atom is -0.376 e. The van der Waals surface area contributed by atoms with Crippen molar-refractivity contribution in [2.45, 2.75) is 51.7 Å². The van der Waals surface area contributed by atoms with Gasteiger partial charge in [0.05, 0.1) is 18.8 Å². The average molecular weight is 239 g/mol. The maximum absolute atomic E-state index is 5.96. The van der Waals surface area contributed by atoms with E-state index in [1.807, 2.05) is 0 Å². The van der Waals surface area contributed by atoms with E-state index in [0.717, 1.165) is 19.3 Å². The number of hydrogen-bond donors (Lipinski definition) is 1. The Labute approximate surface area is 102 Å². The lowest BCUT2D eigenvalue weighted by Gasteiger charge is -2.26. The van der Waals surface area contributed by atoms with Gasteiger partial charge in [0, 0.05) is 6.42 Å². The first-order valence-electron chi connectivity index (χ1n) is 6.35. The van der Waals surface area contributed by atoms with Crippen LogP contribution in [0.3, 0.4) is 0 Å². The van der Waals surface area contributed by atoms with Crippen LogP contribution >= 0.6 is 0 Å². The maximum atomic E-state index is 5.96. The fraction of sp³-hybridized carbons (Fsp3) is 0.833. The molecule has 0 spiro atoms. The highest BCUT2D eigenvalue weighted by Gasteiger charge is 2.21. The molecule has 0 amide bonds. The summed E-state index contributed by atoms with van der Waals surface area (Å²) in [7, 11) is 0. The van der Waals surface area contributed by atoms with Gasteiger partial charge in [0.15, 0.2) is 5.82 Å². The normalized spacial score (nSPS) is 18.4. The quantitative estimate of drug-likeness (QED) is 0.819. The van der Waals surface area contributed by atoms with E-state index in [9.17, 15) is 0 Å². The van der Waals surface area contributed by atoms with Crippen molar-refractivity contribution in [2.24, 2.45) is 11.7 Å². The molecule has 5 heteroatoms. The summed E-state index contributed by atoms with van der Waals surface area (Å²) < 4.78 is 10.8. The second kappa shape index (κ2) is 5.60. The van der Waals surface area contributed by atoms with Gasteiger partial charge in [-0.3, -0.25) is 0 Å². The molecule has 1 unspecified atom stereocenters. The highest BCUT2D eigenvalue weighted by atomic mass is 16.5. The zero-order chi connectivity index (χ0) is 12.3. The lowest BCUT2D eigenvalue weighted by atomic mass is 9.96. The number of nitrogens with zero attached hydrogens (tertiary/aromatic N) is 2. The van der Waals surface area contributed by atoms with Gasteiger partial charge in [-0.15, -0.1) is 0 Å². The second-order valence-corrected chi connectivity index (χ2v) is 5.14. The Hall–Kier alpha value is -0.940. The molecule has 0 saturated heterocycles. The molecular formula is C12H21N3O2. The van der Waals surface area contributed by atoms with E-state index in [0.29, 0.717) is 30.3 Å². The summed E-state index contributed by atoms with van der Waals surface area (Å²) in [4.78, 5) is 4.29. The van der Waals surface area contributed by atoms with Crippen LogP contribution in [0.15, 0.2) is 4.52 Å². The zero-order valence-electron chi connectivity index (χ0n) is 10.6. The Bertz CT molecular complexity index is 347. The molecule has 1 saturated carbocycles. The maximum Gasteiger partial charge on any atom is 0.226 e. The Kier molecular flexibility index (Phi) is 4.12. The van der Waals surface area contributed by atoms with Gasteiger partial charge in [0.25, 0.3) is 0 Å². The number of nitrogens with two attached hydrogens (primary N) is 1. The van der Waals surface area contributed by atoms with E-state index in [1.54, 1.807) is 0 Å². The van der Waals surface area contributed by atoms with E-state index < -0.39 is 0 Å².